The zero-order chi connectivity index (χ0) is 13.1. The van der Waals surface area contributed by atoms with Gasteiger partial charge >= 0.3 is 6.09 Å². The second-order valence-corrected chi connectivity index (χ2v) is 6.26. The van der Waals surface area contributed by atoms with E-state index < -0.39 is 10.1 Å². The minimum absolute atomic E-state index is 0.0479. The van der Waals surface area contributed by atoms with E-state index in [1.54, 1.807) is 4.90 Å². The maximum absolute atomic E-state index is 11.4. The van der Waals surface area contributed by atoms with Crippen LogP contribution in [0.5, 0.6) is 0 Å². The molecule has 0 bridgehead atoms. The first-order chi connectivity index (χ1) is 7.78. The fourth-order valence-electron chi connectivity index (χ4n) is 1.65. The molecule has 17 heavy (non-hydrogen) atoms. The number of carbonyl (C=O) groups excluding carboxylic acids is 1. The lowest BCUT2D eigenvalue weighted by Gasteiger charge is -2.14. The highest BCUT2D eigenvalue weighted by molar-refractivity contribution is 7.85. The zero-order valence-corrected chi connectivity index (χ0v) is 11.2. The van der Waals surface area contributed by atoms with Crippen molar-refractivity contribution in [2.45, 2.75) is 26.4 Å². The van der Waals surface area contributed by atoms with Crippen molar-refractivity contribution in [3.05, 3.63) is 0 Å². The third-order valence-corrected chi connectivity index (χ3v) is 2.87. The average molecular weight is 265 g/mol. The van der Waals surface area contributed by atoms with Crippen molar-refractivity contribution in [3.8, 4) is 0 Å². The van der Waals surface area contributed by atoms with E-state index >= 15 is 0 Å². The lowest BCUT2D eigenvalue weighted by Crippen LogP contribution is -2.29. The fraction of sp³-hybridized carbons (Fsp3) is 0.900. The summed E-state index contributed by atoms with van der Waals surface area (Å²) < 4.78 is 31.2. The van der Waals surface area contributed by atoms with Gasteiger partial charge in [-0.1, -0.05) is 13.8 Å². The summed E-state index contributed by atoms with van der Waals surface area (Å²) in [6.45, 7) is 5.25. The average Bonchev–Trinajstić information content (AvgIpc) is 2.43. The largest absolute Gasteiger partial charge is 0.444 e. The van der Waals surface area contributed by atoms with Crippen LogP contribution in [-0.4, -0.2) is 51.5 Å². The normalized spacial score (nSPS) is 21.1. The lowest BCUT2D eigenvalue weighted by atomic mass is 10.2. The van der Waals surface area contributed by atoms with Gasteiger partial charge in [0.1, 0.15) is 6.10 Å². The summed E-state index contributed by atoms with van der Waals surface area (Å²) >= 11 is 0. The van der Waals surface area contributed by atoms with E-state index in [0.717, 1.165) is 6.26 Å². The van der Waals surface area contributed by atoms with Gasteiger partial charge in [-0.2, -0.15) is 8.42 Å². The van der Waals surface area contributed by atoms with Crippen LogP contribution in [0.3, 0.4) is 0 Å². The molecule has 0 N–H and O–H groups in total. The molecule has 1 atom stereocenters. The van der Waals surface area contributed by atoms with E-state index in [1.807, 2.05) is 13.8 Å². The van der Waals surface area contributed by atoms with Gasteiger partial charge in [0.25, 0.3) is 10.1 Å². The van der Waals surface area contributed by atoms with E-state index in [9.17, 15) is 13.2 Å². The summed E-state index contributed by atoms with van der Waals surface area (Å²) in [5, 5.41) is 0. The van der Waals surface area contributed by atoms with Crippen molar-refractivity contribution in [2.24, 2.45) is 5.92 Å². The summed E-state index contributed by atoms with van der Waals surface area (Å²) in [6, 6.07) is 0. The Labute approximate surface area is 102 Å². The molecule has 0 aliphatic carbocycles. The molecule has 1 rings (SSSR count). The number of cyclic esters (lactones) is 1. The van der Waals surface area contributed by atoms with Crippen molar-refractivity contribution in [2.75, 3.05) is 26.0 Å². The van der Waals surface area contributed by atoms with Crippen LogP contribution in [0, 0.1) is 5.92 Å². The third kappa shape index (κ3) is 5.36. The van der Waals surface area contributed by atoms with Crippen molar-refractivity contribution < 1.29 is 22.1 Å². The number of hydrogen-bond donors (Lipinski definition) is 0. The number of nitrogens with zero attached hydrogens (tertiary/aromatic N) is 1. The highest BCUT2D eigenvalue weighted by Gasteiger charge is 2.31. The topological polar surface area (TPSA) is 72.9 Å². The molecule has 1 aliphatic rings. The van der Waals surface area contributed by atoms with Crippen LogP contribution in [-0.2, 0) is 19.0 Å². The number of ether oxygens (including phenoxy) is 1. The molecule has 100 valence electrons. The molecule has 0 unspecified atom stereocenters. The minimum atomic E-state index is -3.42. The molecule has 1 aliphatic heterocycles. The zero-order valence-electron chi connectivity index (χ0n) is 10.4. The molecule has 7 heteroatoms. The van der Waals surface area contributed by atoms with E-state index in [1.165, 1.54) is 0 Å². The van der Waals surface area contributed by atoms with E-state index in [2.05, 4.69) is 4.18 Å². The SMILES string of the molecule is CC(C)CN1C[C@H](CCOS(C)(=O)=O)OC1=O. The predicted molar refractivity (Wildman–Crippen MR) is 62.1 cm³/mol. The third-order valence-electron chi connectivity index (χ3n) is 2.27. The quantitative estimate of drug-likeness (QED) is 0.665. The molecule has 1 fully saturated rings. The van der Waals surface area contributed by atoms with Gasteiger partial charge in [0, 0.05) is 13.0 Å². The van der Waals surface area contributed by atoms with Gasteiger partial charge in [0.05, 0.1) is 19.4 Å². The second-order valence-electron chi connectivity index (χ2n) is 4.62. The highest BCUT2D eigenvalue weighted by atomic mass is 32.2. The number of amides is 1. The molecule has 0 saturated carbocycles. The lowest BCUT2D eigenvalue weighted by molar-refractivity contribution is 0.120. The minimum Gasteiger partial charge on any atom is -0.444 e. The summed E-state index contributed by atoms with van der Waals surface area (Å²) in [5.41, 5.74) is 0. The molecule has 1 amide bonds. The first-order valence-corrected chi connectivity index (χ1v) is 7.39. The van der Waals surface area contributed by atoms with E-state index in [-0.39, 0.29) is 18.8 Å². The molecule has 0 radical (unpaired) electrons. The van der Waals surface area contributed by atoms with Crippen LogP contribution in [0.2, 0.25) is 0 Å². The van der Waals surface area contributed by atoms with Gasteiger partial charge in [0.15, 0.2) is 0 Å². The summed E-state index contributed by atoms with van der Waals surface area (Å²) in [7, 11) is -3.42. The van der Waals surface area contributed by atoms with Crippen LogP contribution >= 0.6 is 0 Å². The Morgan fingerprint density at radius 2 is 2.18 bits per heavy atom. The second kappa shape index (κ2) is 5.68. The fourth-order valence-corrected chi connectivity index (χ4v) is 2.04. The summed E-state index contributed by atoms with van der Waals surface area (Å²) in [6.07, 6.45) is 0.789. The van der Waals surface area contributed by atoms with Gasteiger partial charge in [-0.25, -0.2) is 4.79 Å². The summed E-state index contributed by atoms with van der Waals surface area (Å²) in [5.74, 6) is 0.383. The van der Waals surface area contributed by atoms with Crippen molar-refractivity contribution in [1.82, 2.24) is 4.90 Å². The van der Waals surface area contributed by atoms with Gasteiger partial charge < -0.3 is 9.64 Å². The molecule has 1 heterocycles. The Hall–Kier alpha value is -0.820. The van der Waals surface area contributed by atoms with E-state index in [0.29, 0.717) is 25.4 Å². The standard InChI is InChI=1S/C10H19NO5S/c1-8(2)6-11-7-9(16-10(11)12)4-5-15-17(3,13)14/h8-9H,4-7H2,1-3H3/t9-/m0/s1. The van der Waals surface area contributed by atoms with Crippen LogP contribution in [0.25, 0.3) is 0 Å². The molecule has 6 nitrogen and oxygen atoms in total. The summed E-state index contributed by atoms with van der Waals surface area (Å²) in [4.78, 5) is 13.1. The van der Waals surface area contributed by atoms with Crippen LogP contribution < -0.4 is 0 Å². The Balaban J connectivity index is 2.32. The molecule has 0 spiro atoms. The number of rotatable bonds is 6. The van der Waals surface area contributed by atoms with E-state index in [4.69, 9.17) is 4.74 Å². The van der Waals surface area contributed by atoms with Gasteiger partial charge in [-0.15, -0.1) is 0 Å². The van der Waals surface area contributed by atoms with Gasteiger partial charge in [-0.05, 0) is 5.92 Å². The van der Waals surface area contributed by atoms with Crippen LogP contribution in [0.1, 0.15) is 20.3 Å². The first-order valence-electron chi connectivity index (χ1n) is 5.58. The highest BCUT2D eigenvalue weighted by Crippen LogP contribution is 2.15. The van der Waals surface area contributed by atoms with Crippen molar-refractivity contribution in [3.63, 3.8) is 0 Å². The molecule has 0 aromatic heterocycles. The Bertz CT molecular complexity index is 365. The van der Waals surface area contributed by atoms with Crippen molar-refractivity contribution in [1.29, 1.82) is 0 Å². The monoisotopic (exact) mass is 265 g/mol. The Morgan fingerprint density at radius 3 is 2.71 bits per heavy atom. The molecular weight excluding hydrogens is 246 g/mol. The Morgan fingerprint density at radius 1 is 1.53 bits per heavy atom. The van der Waals surface area contributed by atoms with Crippen molar-refractivity contribution >= 4 is 16.2 Å². The maximum atomic E-state index is 11.4. The molecule has 0 aromatic carbocycles. The number of hydrogen-bond acceptors (Lipinski definition) is 5. The Kier molecular flexibility index (Phi) is 4.76. The first kappa shape index (κ1) is 14.2. The molecule has 1 saturated heterocycles. The number of carbonyl (C=O) groups is 1. The smallest absolute Gasteiger partial charge is 0.410 e. The maximum Gasteiger partial charge on any atom is 0.410 e. The molecular formula is C10H19NO5S. The van der Waals surface area contributed by atoms with Crippen LogP contribution in [0.4, 0.5) is 4.79 Å². The van der Waals surface area contributed by atoms with Gasteiger partial charge in [0.2, 0.25) is 0 Å². The predicted octanol–water partition coefficient (Wildman–Crippen LogP) is 0.830. The van der Waals surface area contributed by atoms with Crippen LogP contribution in [0.15, 0.2) is 0 Å². The molecule has 0 aromatic rings. The van der Waals surface area contributed by atoms with Gasteiger partial charge in [-0.3, -0.25) is 4.18 Å².